The lowest BCUT2D eigenvalue weighted by atomic mass is 10.2. The van der Waals surface area contributed by atoms with Crippen LogP contribution in [0, 0.1) is 5.82 Å². The van der Waals surface area contributed by atoms with Gasteiger partial charge in [0.15, 0.2) is 0 Å². The van der Waals surface area contributed by atoms with Crippen molar-refractivity contribution in [2.24, 2.45) is 0 Å². The average Bonchev–Trinajstić information content (AvgIpc) is 3.04. The second-order valence-corrected chi connectivity index (χ2v) is 8.32. The van der Waals surface area contributed by atoms with E-state index in [1.807, 2.05) is 5.38 Å². The van der Waals surface area contributed by atoms with Crippen molar-refractivity contribution in [1.82, 2.24) is 9.71 Å². The van der Waals surface area contributed by atoms with Crippen LogP contribution in [0.2, 0.25) is 5.02 Å². The number of hydrogen-bond acceptors (Lipinski definition) is 4. The van der Waals surface area contributed by atoms with Crippen molar-refractivity contribution in [2.75, 3.05) is 6.54 Å². The molecule has 25 heavy (non-hydrogen) atoms. The van der Waals surface area contributed by atoms with Crippen LogP contribution in [-0.4, -0.2) is 19.9 Å². The molecule has 0 spiro atoms. The van der Waals surface area contributed by atoms with E-state index in [2.05, 4.69) is 9.71 Å². The second kappa shape index (κ2) is 7.61. The summed E-state index contributed by atoms with van der Waals surface area (Å²) in [5.41, 5.74) is 1.45. The summed E-state index contributed by atoms with van der Waals surface area (Å²) in [5.74, 6) is -0.316. The quantitative estimate of drug-likeness (QED) is 0.681. The van der Waals surface area contributed by atoms with Crippen LogP contribution in [0.5, 0.6) is 0 Å². The van der Waals surface area contributed by atoms with Gasteiger partial charge >= 0.3 is 0 Å². The molecule has 8 heteroatoms. The van der Waals surface area contributed by atoms with E-state index in [4.69, 9.17) is 11.6 Å². The monoisotopic (exact) mass is 396 g/mol. The first kappa shape index (κ1) is 18.0. The third kappa shape index (κ3) is 4.64. The van der Waals surface area contributed by atoms with Crippen molar-refractivity contribution in [1.29, 1.82) is 0 Å². The zero-order valence-electron chi connectivity index (χ0n) is 12.9. The van der Waals surface area contributed by atoms with E-state index in [9.17, 15) is 12.8 Å². The standard InChI is InChI=1S/C17H14ClFN2O2S2/c18-13-4-2-6-16(10-13)25(22,23)20-8-7-15-11-24-17(21-15)12-3-1-5-14(19)9-12/h1-6,9-11,20H,7-8H2. The van der Waals surface area contributed by atoms with E-state index < -0.39 is 10.0 Å². The minimum atomic E-state index is -3.61. The highest BCUT2D eigenvalue weighted by molar-refractivity contribution is 7.89. The first-order valence-corrected chi connectivity index (χ1v) is 10.1. The Kier molecular flexibility index (Phi) is 5.48. The van der Waals surface area contributed by atoms with Gasteiger partial charge in [-0.25, -0.2) is 22.5 Å². The molecule has 1 heterocycles. The normalized spacial score (nSPS) is 11.6. The number of rotatable bonds is 6. The molecule has 2 aromatic carbocycles. The number of sulfonamides is 1. The van der Waals surface area contributed by atoms with Gasteiger partial charge in [-0.3, -0.25) is 0 Å². The molecule has 0 saturated heterocycles. The van der Waals surface area contributed by atoms with Gasteiger partial charge in [0.1, 0.15) is 10.8 Å². The van der Waals surface area contributed by atoms with E-state index in [1.54, 1.807) is 24.3 Å². The smallest absolute Gasteiger partial charge is 0.240 e. The SMILES string of the molecule is O=S(=O)(NCCc1csc(-c2cccc(F)c2)n1)c1cccc(Cl)c1. The number of halogens is 2. The van der Waals surface area contributed by atoms with Crippen LogP contribution in [0.3, 0.4) is 0 Å². The van der Waals surface area contributed by atoms with Gasteiger partial charge in [-0.15, -0.1) is 11.3 Å². The van der Waals surface area contributed by atoms with Crippen molar-refractivity contribution < 1.29 is 12.8 Å². The molecule has 3 aromatic rings. The molecule has 4 nitrogen and oxygen atoms in total. The minimum absolute atomic E-state index is 0.124. The molecule has 0 saturated carbocycles. The lowest BCUT2D eigenvalue weighted by molar-refractivity contribution is 0.581. The van der Waals surface area contributed by atoms with Crippen LogP contribution in [-0.2, 0) is 16.4 Å². The minimum Gasteiger partial charge on any atom is -0.241 e. The average molecular weight is 397 g/mol. The number of thiazole rings is 1. The van der Waals surface area contributed by atoms with Gasteiger partial charge < -0.3 is 0 Å². The van der Waals surface area contributed by atoms with E-state index in [0.29, 0.717) is 22.0 Å². The van der Waals surface area contributed by atoms with Gasteiger partial charge in [-0.1, -0.05) is 29.8 Å². The van der Waals surface area contributed by atoms with Crippen molar-refractivity contribution >= 4 is 33.0 Å². The van der Waals surface area contributed by atoms with Gasteiger partial charge in [0.05, 0.1) is 10.6 Å². The number of nitrogens with one attached hydrogen (secondary N) is 1. The third-order valence-corrected chi connectivity index (χ3v) is 6.04. The molecule has 0 bridgehead atoms. The molecule has 0 aliphatic heterocycles. The van der Waals surface area contributed by atoms with Gasteiger partial charge in [-0.2, -0.15) is 0 Å². The lowest BCUT2D eigenvalue weighted by Gasteiger charge is -2.06. The Morgan fingerprint density at radius 3 is 2.72 bits per heavy atom. The van der Waals surface area contributed by atoms with E-state index in [1.165, 1.54) is 35.6 Å². The maximum absolute atomic E-state index is 13.3. The first-order chi connectivity index (χ1) is 11.9. The highest BCUT2D eigenvalue weighted by Gasteiger charge is 2.14. The molecule has 0 atom stereocenters. The fourth-order valence-corrected chi connectivity index (χ4v) is 4.39. The molecule has 0 unspecified atom stereocenters. The molecule has 1 N–H and O–H groups in total. The molecule has 0 fully saturated rings. The van der Waals surface area contributed by atoms with Crippen LogP contribution in [0.4, 0.5) is 4.39 Å². The molecular weight excluding hydrogens is 383 g/mol. The van der Waals surface area contributed by atoms with Gasteiger partial charge in [0, 0.05) is 28.9 Å². The molecule has 1 aromatic heterocycles. The predicted octanol–water partition coefficient (Wildman–Crippen LogP) is 4.12. The Labute approximate surface area is 154 Å². The summed E-state index contributed by atoms with van der Waals surface area (Å²) in [6, 6.07) is 12.3. The van der Waals surface area contributed by atoms with Crippen LogP contribution in [0.15, 0.2) is 58.8 Å². The van der Waals surface area contributed by atoms with E-state index in [-0.39, 0.29) is 17.3 Å². The molecule has 0 aliphatic carbocycles. The Hall–Kier alpha value is -1.80. The summed E-state index contributed by atoms with van der Waals surface area (Å²) < 4.78 is 40.2. The Morgan fingerprint density at radius 2 is 1.96 bits per heavy atom. The molecule has 3 rings (SSSR count). The van der Waals surface area contributed by atoms with Crippen molar-refractivity contribution in [3.8, 4) is 10.6 Å². The topological polar surface area (TPSA) is 59.1 Å². The number of benzene rings is 2. The summed E-state index contributed by atoms with van der Waals surface area (Å²) in [4.78, 5) is 4.55. The number of nitrogens with zero attached hydrogens (tertiary/aromatic N) is 1. The second-order valence-electron chi connectivity index (χ2n) is 5.26. The molecule has 0 aliphatic rings. The van der Waals surface area contributed by atoms with E-state index >= 15 is 0 Å². The zero-order chi connectivity index (χ0) is 17.9. The van der Waals surface area contributed by atoms with Crippen LogP contribution in [0.1, 0.15) is 5.69 Å². The molecule has 130 valence electrons. The number of aromatic nitrogens is 1. The van der Waals surface area contributed by atoms with E-state index in [0.717, 1.165) is 5.69 Å². The summed E-state index contributed by atoms with van der Waals surface area (Å²) in [7, 11) is -3.61. The maximum Gasteiger partial charge on any atom is 0.240 e. The highest BCUT2D eigenvalue weighted by Crippen LogP contribution is 2.24. The van der Waals surface area contributed by atoms with Crippen molar-refractivity contribution in [3.63, 3.8) is 0 Å². The Bertz CT molecular complexity index is 990. The first-order valence-electron chi connectivity index (χ1n) is 7.40. The zero-order valence-corrected chi connectivity index (χ0v) is 15.3. The third-order valence-electron chi connectivity index (χ3n) is 3.40. The van der Waals surface area contributed by atoms with Crippen LogP contribution >= 0.6 is 22.9 Å². The van der Waals surface area contributed by atoms with Gasteiger partial charge in [-0.05, 0) is 30.3 Å². The summed E-state index contributed by atoms with van der Waals surface area (Å²) in [6.45, 7) is 0.209. The number of hydrogen-bond donors (Lipinski definition) is 1. The van der Waals surface area contributed by atoms with Crippen molar-refractivity contribution in [3.05, 3.63) is 70.4 Å². The maximum atomic E-state index is 13.3. The molecular formula is C17H14ClFN2O2S2. The van der Waals surface area contributed by atoms with Crippen LogP contribution in [0.25, 0.3) is 10.6 Å². The Morgan fingerprint density at radius 1 is 1.16 bits per heavy atom. The highest BCUT2D eigenvalue weighted by atomic mass is 35.5. The fourth-order valence-electron chi connectivity index (χ4n) is 2.21. The summed E-state index contributed by atoms with van der Waals surface area (Å²) in [5, 5.41) is 2.91. The largest absolute Gasteiger partial charge is 0.241 e. The fraction of sp³-hybridized carbons (Fsp3) is 0.118. The Balaban J connectivity index is 1.63. The predicted molar refractivity (Wildman–Crippen MR) is 97.9 cm³/mol. The molecule has 0 amide bonds. The summed E-state index contributed by atoms with van der Waals surface area (Å²) >= 11 is 7.22. The van der Waals surface area contributed by atoms with Gasteiger partial charge in [0.25, 0.3) is 0 Å². The van der Waals surface area contributed by atoms with Gasteiger partial charge in [0.2, 0.25) is 10.0 Å². The lowest BCUT2D eigenvalue weighted by Crippen LogP contribution is -2.26. The molecule has 0 radical (unpaired) electrons. The van der Waals surface area contributed by atoms with Crippen molar-refractivity contribution in [2.45, 2.75) is 11.3 Å². The van der Waals surface area contributed by atoms with Crippen LogP contribution < -0.4 is 4.72 Å². The summed E-state index contributed by atoms with van der Waals surface area (Å²) in [6.07, 6.45) is 0.436.